The molecule has 134 valence electrons. The van der Waals surface area contributed by atoms with E-state index in [1.54, 1.807) is 0 Å². The lowest BCUT2D eigenvalue weighted by Crippen LogP contribution is -2.13. The molecule has 0 aliphatic carbocycles. The first-order chi connectivity index (χ1) is 12.1. The quantitative estimate of drug-likeness (QED) is 0.610. The molecule has 0 aromatic heterocycles. The molecule has 1 amide bonds. The summed E-state index contributed by atoms with van der Waals surface area (Å²) >= 11 is 5.58. The highest BCUT2D eigenvalue weighted by Crippen LogP contribution is 2.35. The minimum Gasteiger partial charge on any atom is -0.322 e. The van der Waals surface area contributed by atoms with E-state index < -0.39 is 54.1 Å². The number of hydrogen-bond donors (Lipinski definition) is 1. The molecule has 2 aromatic carbocycles. The normalized spacial score (nSPS) is 10.2. The van der Waals surface area contributed by atoms with E-state index in [0.717, 1.165) is 18.2 Å². The second-order valence-corrected chi connectivity index (χ2v) is 5.10. The van der Waals surface area contributed by atoms with Gasteiger partial charge in [0.1, 0.15) is 0 Å². The number of anilines is 1. The summed E-state index contributed by atoms with van der Waals surface area (Å²) in [4.78, 5) is 41.7. The maximum atomic E-state index is 13.3. The second-order valence-electron chi connectivity index (χ2n) is 4.72. The number of nitrogens with one attached hydrogen (secondary N) is 1. The number of carbonyl (C=O) groups is 1. The van der Waals surface area contributed by atoms with Crippen LogP contribution in [0.15, 0.2) is 30.3 Å². The van der Waals surface area contributed by atoms with Crippen molar-refractivity contribution in [3.8, 4) is 0 Å². The third kappa shape index (κ3) is 3.70. The number of nitro groups is 3. The zero-order valence-electron chi connectivity index (χ0n) is 12.3. The maximum Gasteiger partial charge on any atom is 0.306 e. The SMILES string of the molecule is O=C(Nc1ccc(F)c([N+](=O)[O-])c1)c1cc([N+](=O)[O-])c(Cl)c([N+](=O)[O-])c1. The van der Waals surface area contributed by atoms with Crippen molar-refractivity contribution >= 4 is 40.3 Å². The van der Waals surface area contributed by atoms with Crippen LogP contribution >= 0.6 is 11.6 Å². The van der Waals surface area contributed by atoms with Gasteiger partial charge in [0.05, 0.1) is 20.3 Å². The Morgan fingerprint density at radius 1 is 0.923 bits per heavy atom. The van der Waals surface area contributed by atoms with Gasteiger partial charge in [-0.1, -0.05) is 11.6 Å². The Morgan fingerprint density at radius 3 is 1.88 bits per heavy atom. The third-order valence-corrected chi connectivity index (χ3v) is 3.48. The van der Waals surface area contributed by atoms with Crippen LogP contribution in [0.5, 0.6) is 0 Å². The number of amides is 1. The number of nitrogens with zero attached hydrogens (tertiary/aromatic N) is 3. The molecule has 0 aliphatic rings. The van der Waals surface area contributed by atoms with E-state index in [1.165, 1.54) is 0 Å². The fraction of sp³-hybridized carbons (Fsp3) is 0. The zero-order chi connectivity index (χ0) is 19.6. The highest BCUT2D eigenvalue weighted by atomic mass is 35.5. The van der Waals surface area contributed by atoms with Gasteiger partial charge >= 0.3 is 5.69 Å². The van der Waals surface area contributed by atoms with Crippen molar-refractivity contribution in [3.63, 3.8) is 0 Å². The van der Waals surface area contributed by atoms with Gasteiger partial charge in [0.2, 0.25) is 5.82 Å². The summed E-state index contributed by atoms with van der Waals surface area (Å²) in [7, 11) is 0. The van der Waals surface area contributed by atoms with Crippen LogP contribution in [-0.2, 0) is 0 Å². The number of carbonyl (C=O) groups excluding carboxylic acids is 1. The van der Waals surface area contributed by atoms with E-state index >= 15 is 0 Å². The summed E-state index contributed by atoms with van der Waals surface area (Å²) in [5, 5.41) is 33.9. The van der Waals surface area contributed by atoms with E-state index in [-0.39, 0.29) is 5.69 Å². The molecule has 0 aliphatic heterocycles. The van der Waals surface area contributed by atoms with Crippen LogP contribution in [0, 0.1) is 36.2 Å². The van der Waals surface area contributed by atoms with Gasteiger partial charge in [-0.2, -0.15) is 4.39 Å². The molecule has 0 saturated carbocycles. The molecule has 0 fully saturated rings. The summed E-state index contributed by atoms with van der Waals surface area (Å²) in [6.07, 6.45) is 0. The van der Waals surface area contributed by atoms with Crippen LogP contribution in [0.3, 0.4) is 0 Å². The lowest BCUT2D eigenvalue weighted by Gasteiger charge is -2.06. The Morgan fingerprint density at radius 2 is 1.42 bits per heavy atom. The summed E-state index contributed by atoms with van der Waals surface area (Å²) in [6.45, 7) is 0. The molecule has 26 heavy (non-hydrogen) atoms. The van der Waals surface area contributed by atoms with Crippen molar-refractivity contribution in [1.29, 1.82) is 0 Å². The second kappa shape index (κ2) is 7.06. The minimum absolute atomic E-state index is 0.191. The number of halogens is 2. The van der Waals surface area contributed by atoms with Gasteiger partial charge in [0.25, 0.3) is 17.3 Å². The van der Waals surface area contributed by atoms with Crippen molar-refractivity contribution in [1.82, 2.24) is 0 Å². The van der Waals surface area contributed by atoms with Gasteiger partial charge in [-0.3, -0.25) is 35.1 Å². The highest BCUT2D eigenvalue weighted by molar-refractivity contribution is 6.35. The standard InChI is InChI=1S/C13H6ClFN4O7/c14-12-10(18(23)24)3-6(4-11(12)19(25)26)13(20)16-7-1-2-8(15)9(5-7)17(21)22/h1-5H,(H,16,20). The van der Waals surface area contributed by atoms with Crippen LogP contribution in [0.25, 0.3) is 0 Å². The molecule has 0 atom stereocenters. The van der Waals surface area contributed by atoms with Crippen molar-refractivity contribution in [2.24, 2.45) is 0 Å². The Bertz CT molecular complexity index is 930. The number of rotatable bonds is 5. The summed E-state index contributed by atoms with van der Waals surface area (Å²) in [5.74, 6) is -2.18. The maximum absolute atomic E-state index is 13.3. The Kier molecular flexibility index (Phi) is 5.07. The Balaban J connectivity index is 2.44. The first-order valence-electron chi connectivity index (χ1n) is 6.49. The fourth-order valence-corrected chi connectivity index (χ4v) is 2.17. The van der Waals surface area contributed by atoms with Gasteiger partial charge in [0.15, 0.2) is 5.02 Å². The highest BCUT2D eigenvalue weighted by Gasteiger charge is 2.27. The largest absolute Gasteiger partial charge is 0.322 e. The van der Waals surface area contributed by atoms with E-state index in [9.17, 15) is 39.5 Å². The summed E-state index contributed by atoms with van der Waals surface area (Å²) < 4.78 is 13.3. The van der Waals surface area contributed by atoms with Crippen LogP contribution < -0.4 is 5.32 Å². The van der Waals surface area contributed by atoms with Crippen molar-refractivity contribution in [3.05, 3.63) is 77.1 Å². The predicted molar refractivity (Wildman–Crippen MR) is 85.8 cm³/mol. The molecule has 1 N–H and O–H groups in total. The van der Waals surface area contributed by atoms with E-state index in [2.05, 4.69) is 5.32 Å². The molecule has 0 spiro atoms. The summed E-state index contributed by atoms with van der Waals surface area (Å²) in [5.41, 5.74) is -3.31. The number of benzene rings is 2. The predicted octanol–water partition coefficient (Wildman–Crippen LogP) is 3.46. The molecule has 13 heteroatoms. The van der Waals surface area contributed by atoms with Gasteiger partial charge in [-0.15, -0.1) is 0 Å². The molecule has 0 heterocycles. The lowest BCUT2D eigenvalue weighted by atomic mass is 10.1. The van der Waals surface area contributed by atoms with Crippen molar-refractivity contribution < 1.29 is 24.0 Å². The van der Waals surface area contributed by atoms with E-state index in [1.807, 2.05) is 0 Å². The van der Waals surface area contributed by atoms with Crippen molar-refractivity contribution in [2.45, 2.75) is 0 Å². The molecular formula is C13H6ClFN4O7. The van der Waals surface area contributed by atoms with E-state index in [0.29, 0.717) is 12.1 Å². The number of nitro benzene ring substituents is 3. The van der Waals surface area contributed by atoms with Gasteiger partial charge in [0, 0.05) is 23.9 Å². The molecule has 11 nitrogen and oxygen atoms in total. The van der Waals surface area contributed by atoms with Crippen LogP contribution in [0.2, 0.25) is 5.02 Å². The zero-order valence-corrected chi connectivity index (χ0v) is 13.1. The molecule has 2 rings (SSSR count). The lowest BCUT2D eigenvalue weighted by molar-refractivity contribution is -0.393. The van der Waals surface area contributed by atoms with E-state index in [4.69, 9.17) is 11.6 Å². The van der Waals surface area contributed by atoms with Crippen LogP contribution in [0.4, 0.5) is 27.1 Å². The minimum atomic E-state index is -1.13. The monoisotopic (exact) mass is 384 g/mol. The first kappa shape index (κ1) is 18.7. The van der Waals surface area contributed by atoms with Crippen LogP contribution in [0.1, 0.15) is 10.4 Å². The molecule has 0 unspecified atom stereocenters. The Hall–Kier alpha value is -3.67. The smallest absolute Gasteiger partial charge is 0.306 e. The van der Waals surface area contributed by atoms with Gasteiger partial charge in [-0.05, 0) is 12.1 Å². The topological polar surface area (TPSA) is 159 Å². The molecule has 0 radical (unpaired) electrons. The van der Waals surface area contributed by atoms with Gasteiger partial charge < -0.3 is 5.32 Å². The molecule has 0 saturated heterocycles. The Labute approximate surface area is 147 Å². The molecular weight excluding hydrogens is 379 g/mol. The van der Waals surface area contributed by atoms with Crippen LogP contribution in [-0.4, -0.2) is 20.7 Å². The number of hydrogen-bond acceptors (Lipinski definition) is 7. The van der Waals surface area contributed by atoms with Gasteiger partial charge in [-0.25, -0.2) is 0 Å². The molecule has 2 aromatic rings. The van der Waals surface area contributed by atoms with Crippen molar-refractivity contribution in [2.75, 3.05) is 5.32 Å². The average Bonchev–Trinajstić information content (AvgIpc) is 2.55. The molecule has 0 bridgehead atoms. The third-order valence-electron chi connectivity index (χ3n) is 3.09. The average molecular weight is 385 g/mol. The first-order valence-corrected chi connectivity index (χ1v) is 6.87. The summed E-state index contributed by atoms with van der Waals surface area (Å²) in [6, 6.07) is 3.90. The fourth-order valence-electron chi connectivity index (χ4n) is 1.92.